The van der Waals surface area contributed by atoms with E-state index in [9.17, 15) is 0 Å². The molecular weight excluding hydrogens is 206 g/mol. The van der Waals surface area contributed by atoms with Crippen LogP contribution < -0.4 is 5.73 Å². The Morgan fingerprint density at radius 2 is 2.12 bits per heavy atom. The minimum Gasteiger partial charge on any atom is -0.382 e. The minimum atomic E-state index is 0.260. The second-order valence-electron chi connectivity index (χ2n) is 3.56. The van der Waals surface area contributed by atoms with Crippen LogP contribution in [0.5, 0.6) is 0 Å². The van der Waals surface area contributed by atoms with E-state index in [-0.39, 0.29) is 5.92 Å². The first-order chi connectivity index (χ1) is 7.72. The summed E-state index contributed by atoms with van der Waals surface area (Å²) in [5, 5.41) is 3.89. The molecule has 0 aliphatic rings. The summed E-state index contributed by atoms with van der Waals surface area (Å²) >= 11 is 0. The van der Waals surface area contributed by atoms with E-state index >= 15 is 0 Å². The maximum absolute atomic E-state index is 5.67. The molecule has 0 aliphatic heterocycles. The van der Waals surface area contributed by atoms with Crippen molar-refractivity contribution in [2.24, 2.45) is 0 Å². The molecule has 6 nitrogen and oxygen atoms in total. The highest BCUT2D eigenvalue weighted by molar-refractivity contribution is 5.61. The fourth-order valence-corrected chi connectivity index (χ4v) is 1.23. The van der Waals surface area contributed by atoms with Gasteiger partial charge in [-0.25, -0.2) is 9.97 Å². The molecule has 84 valence electrons. The van der Waals surface area contributed by atoms with Gasteiger partial charge in [0.15, 0.2) is 17.3 Å². The monoisotopic (exact) mass is 219 g/mol. The lowest BCUT2D eigenvalue weighted by atomic mass is 10.1. The molecule has 2 heterocycles. The van der Waals surface area contributed by atoms with Gasteiger partial charge >= 0.3 is 0 Å². The van der Waals surface area contributed by atoms with Crippen LogP contribution in [0.25, 0.3) is 11.6 Å². The Hall–Kier alpha value is -1.98. The molecule has 0 aliphatic carbocycles. The Morgan fingerprint density at radius 3 is 2.81 bits per heavy atom. The number of hydrogen-bond donors (Lipinski definition) is 1. The molecule has 2 N–H and O–H groups in total. The number of nitrogen functional groups attached to an aromatic ring is 1. The highest BCUT2D eigenvalue weighted by Gasteiger charge is 2.16. The summed E-state index contributed by atoms with van der Waals surface area (Å²) in [6.07, 6.45) is 4.01. The lowest BCUT2D eigenvalue weighted by molar-refractivity contribution is 0.415. The smallest absolute Gasteiger partial charge is 0.280 e. The van der Waals surface area contributed by atoms with E-state index < -0.39 is 0 Å². The van der Waals surface area contributed by atoms with Gasteiger partial charge in [0.05, 0.1) is 0 Å². The van der Waals surface area contributed by atoms with E-state index in [0.29, 0.717) is 23.2 Å². The lowest BCUT2D eigenvalue weighted by Crippen LogP contribution is -1.97. The van der Waals surface area contributed by atoms with E-state index in [4.69, 9.17) is 10.3 Å². The zero-order valence-electron chi connectivity index (χ0n) is 9.21. The third-order valence-corrected chi connectivity index (χ3v) is 2.42. The van der Waals surface area contributed by atoms with Crippen LogP contribution in [0.2, 0.25) is 0 Å². The summed E-state index contributed by atoms with van der Waals surface area (Å²) in [4.78, 5) is 12.2. The van der Waals surface area contributed by atoms with Crippen molar-refractivity contribution in [2.75, 3.05) is 5.73 Å². The van der Waals surface area contributed by atoms with Crippen LogP contribution in [0.1, 0.15) is 32.0 Å². The topological polar surface area (TPSA) is 90.7 Å². The number of rotatable bonds is 3. The number of anilines is 1. The second-order valence-corrected chi connectivity index (χ2v) is 3.56. The summed E-state index contributed by atoms with van der Waals surface area (Å²) in [6.45, 7) is 4.10. The first-order valence-corrected chi connectivity index (χ1v) is 5.12. The number of nitrogens with two attached hydrogens (primary N) is 1. The van der Waals surface area contributed by atoms with E-state index in [1.165, 1.54) is 6.20 Å². The zero-order valence-corrected chi connectivity index (χ0v) is 9.21. The Kier molecular flexibility index (Phi) is 2.80. The average Bonchev–Trinajstić information content (AvgIpc) is 2.78. The van der Waals surface area contributed by atoms with Gasteiger partial charge in [-0.15, -0.1) is 0 Å². The van der Waals surface area contributed by atoms with Crippen molar-refractivity contribution in [3.8, 4) is 11.6 Å². The molecule has 0 fully saturated rings. The lowest BCUT2D eigenvalue weighted by Gasteiger charge is -1.99. The normalized spacial score (nSPS) is 12.6. The Labute approximate surface area is 92.9 Å². The Balaban J connectivity index is 2.35. The predicted molar refractivity (Wildman–Crippen MR) is 58.4 cm³/mol. The highest BCUT2D eigenvalue weighted by atomic mass is 16.5. The molecule has 0 bridgehead atoms. The maximum atomic E-state index is 5.67. The summed E-state index contributed by atoms with van der Waals surface area (Å²) in [7, 11) is 0. The maximum Gasteiger partial charge on any atom is 0.280 e. The molecule has 1 unspecified atom stereocenters. The largest absolute Gasteiger partial charge is 0.382 e. The number of hydrogen-bond acceptors (Lipinski definition) is 6. The first-order valence-electron chi connectivity index (χ1n) is 5.12. The van der Waals surface area contributed by atoms with Crippen molar-refractivity contribution in [3.63, 3.8) is 0 Å². The van der Waals surface area contributed by atoms with Crippen molar-refractivity contribution in [2.45, 2.75) is 26.2 Å². The molecule has 0 radical (unpaired) electrons. The average molecular weight is 219 g/mol. The van der Waals surface area contributed by atoms with E-state index in [2.05, 4.69) is 27.0 Å². The van der Waals surface area contributed by atoms with E-state index in [1.807, 2.05) is 6.92 Å². The summed E-state index contributed by atoms with van der Waals surface area (Å²) in [5.74, 6) is 1.54. The number of nitrogens with zero attached hydrogens (tertiary/aromatic N) is 4. The van der Waals surface area contributed by atoms with Crippen molar-refractivity contribution in [1.29, 1.82) is 0 Å². The molecule has 6 heteroatoms. The van der Waals surface area contributed by atoms with Gasteiger partial charge in [0.1, 0.15) is 0 Å². The zero-order chi connectivity index (χ0) is 11.5. The molecule has 2 rings (SSSR count). The van der Waals surface area contributed by atoms with Crippen LogP contribution in [-0.2, 0) is 0 Å². The highest BCUT2D eigenvalue weighted by Crippen LogP contribution is 2.22. The predicted octanol–water partition coefficient (Wildman–Crippen LogP) is 1.62. The Morgan fingerprint density at radius 1 is 1.38 bits per heavy atom. The molecule has 0 amide bonds. The third kappa shape index (κ3) is 1.86. The summed E-state index contributed by atoms with van der Waals surface area (Å²) in [5.41, 5.74) is 6.10. The molecular formula is C10H13N5O. The van der Waals surface area contributed by atoms with Gasteiger partial charge in [0.2, 0.25) is 0 Å². The van der Waals surface area contributed by atoms with Crippen LogP contribution in [0.4, 0.5) is 5.82 Å². The van der Waals surface area contributed by atoms with Gasteiger partial charge in [0.25, 0.3) is 5.89 Å². The van der Waals surface area contributed by atoms with Crippen molar-refractivity contribution in [1.82, 2.24) is 20.1 Å². The molecule has 1 atom stereocenters. The van der Waals surface area contributed by atoms with Gasteiger partial charge in [0, 0.05) is 18.3 Å². The summed E-state index contributed by atoms with van der Waals surface area (Å²) < 4.78 is 5.11. The second kappa shape index (κ2) is 4.26. The minimum absolute atomic E-state index is 0.260. The molecule has 2 aromatic rings. The van der Waals surface area contributed by atoms with Gasteiger partial charge in [-0.1, -0.05) is 19.0 Å². The molecule has 0 aromatic carbocycles. The van der Waals surface area contributed by atoms with Gasteiger partial charge in [-0.3, -0.25) is 0 Å². The van der Waals surface area contributed by atoms with Crippen LogP contribution in [0, 0.1) is 0 Å². The van der Waals surface area contributed by atoms with E-state index in [1.54, 1.807) is 6.20 Å². The first kappa shape index (κ1) is 10.5. The Bertz CT molecular complexity index is 482. The van der Waals surface area contributed by atoms with Crippen molar-refractivity contribution in [3.05, 3.63) is 18.2 Å². The third-order valence-electron chi connectivity index (χ3n) is 2.42. The van der Waals surface area contributed by atoms with E-state index in [0.717, 1.165) is 6.42 Å². The van der Waals surface area contributed by atoms with Crippen molar-refractivity contribution < 1.29 is 4.52 Å². The molecule has 16 heavy (non-hydrogen) atoms. The molecule has 0 saturated heterocycles. The molecule has 2 aromatic heterocycles. The fraction of sp³-hybridized carbons (Fsp3) is 0.400. The van der Waals surface area contributed by atoms with Crippen LogP contribution in [0.15, 0.2) is 16.9 Å². The molecule has 0 spiro atoms. The van der Waals surface area contributed by atoms with Gasteiger partial charge in [-0.2, -0.15) is 4.98 Å². The van der Waals surface area contributed by atoms with Gasteiger partial charge in [-0.05, 0) is 6.42 Å². The quantitative estimate of drug-likeness (QED) is 0.843. The number of aromatic nitrogens is 4. The van der Waals surface area contributed by atoms with Gasteiger partial charge < -0.3 is 10.3 Å². The summed E-state index contributed by atoms with van der Waals surface area (Å²) in [6, 6.07) is 0. The van der Waals surface area contributed by atoms with Crippen LogP contribution in [0.3, 0.4) is 0 Å². The van der Waals surface area contributed by atoms with Crippen LogP contribution >= 0.6 is 0 Å². The SMILES string of the molecule is CCC(C)c1noc(-c2nccnc2N)n1. The van der Waals surface area contributed by atoms with Crippen molar-refractivity contribution >= 4 is 5.82 Å². The standard InChI is InChI=1S/C10H13N5O/c1-3-6(2)9-14-10(16-15-9)7-8(11)13-5-4-12-7/h4-6H,3H2,1-2H3,(H2,11,13). The van der Waals surface area contributed by atoms with Crippen LogP contribution in [-0.4, -0.2) is 20.1 Å². The fourth-order valence-electron chi connectivity index (χ4n) is 1.23. The molecule has 0 saturated carbocycles.